The van der Waals surface area contributed by atoms with Crippen molar-refractivity contribution in [3.05, 3.63) is 55.4 Å². The van der Waals surface area contributed by atoms with Gasteiger partial charge in [0.05, 0.1) is 8.61 Å². The lowest BCUT2D eigenvalue weighted by Gasteiger charge is -2.11. The lowest BCUT2D eigenvalue weighted by molar-refractivity contribution is 0.442. The maximum absolute atomic E-state index is 13.7. The standard InChI is InChI=1S/C12H7Br2F3S/c1-5-7(4-9(13)18-5)10(14)6-2-3-8(15)12(17)11(6)16/h2-4,10H,1H3. The molecule has 0 nitrogen and oxygen atoms in total. The van der Waals surface area contributed by atoms with Crippen LogP contribution in [0, 0.1) is 24.4 Å². The molecule has 1 heterocycles. The van der Waals surface area contributed by atoms with Crippen LogP contribution in [0.4, 0.5) is 13.2 Å². The third-order valence-corrected chi connectivity index (χ3v) is 5.09. The Morgan fingerprint density at radius 3 is 2.33 bits per heavy atom. The summed E-state index contributed by atoms with van der Waals surface area (Å²) >= 11 is 8.16. The third-order valence-electron chi connectivity index (χ3n) is 2.54. The highest BCUT2D eigenvalue weighted by molar-refractivity contribution is 9.11. The van der Waals surface area contributed by atoms with E-state index in [1.54, 1.807) is 0 Å². The summed E-state index contributed by atoms with van der Waals surface area (Å²) in [5.41, 5.74) is 0.916. The largest absolute Gasteiger partial charge is 0.204 e. The van der Waals surface area contributed by atoms with Crippen LogP contribution in [0.25, 0.3) is 0 Å². The minimum atomic E-state index is -1.44. The Bertz CT molecular complexity index is 595. The molecule has 0 aliphatic carbocycles. The molecule has 18 heavy (non-hydrogen) atoms. The molecule has 0 radical (unpaired) electrons. The predicted molar refractivity (Wildman–Crippen MR) is 73.8 cm³/mol. The van der Waals surface area contributed by atoms with Gasteiger partial charge in [0.1, 0.15) is 0 Å². The van der Waals surface area contributed by atoms with Crippen molar-refractivity contribution in [3.8, 4) is 0 Å². The van der Waals surface area contributed by atoms with Crippen molar-refractivity contribution in [2.24, 2.45) is 0 Å². The molecule has 0 amide bonds. The molecule has 0 aliphatic rings. The van der Waals surface area contributed by atoms with E-state index in [9.17, 15) is 13.2 Å². The molecule has 1 atom stereocenters. The van der Waals surface area contributed by atoms with E-state index >= 15 is 0 Å². The van der Waals surface area contributed by atoms with Crippen LogP contribution >= 0.6 is 43.2 Å². The lowest BCUT2D eigenvalue weighted by atomic mass is 10.0. The van der Waals surface area contributed by atoms with E-state index in [4.69, 9.17) is 0 Å². The molecule has 0 N–H and O–H groups in total. The first kappa shape index (κ1) is 14.1. The normalized spacial score (nSPS) is 12.8. The first-order valence-corrected chi connectivity index (χ1v) is 7.47. The monoisotopic (exact) mass is 398 g/mol. The van der Waals surface area contributed by atoms with Crippen LogP contribution in [0.3, 0.4) is 0 Å². The van der Waals surface area contributed by atoms with E-state index in [0.29, 0.717) is 0 Å². The molecular weight excluding hydrogens is 393 g/mol. The van der Waals surface area contributed by atoms with Crippen molar-refractivity contribution in [1.29, 1.82) is 0 Å². The van der Waals surface area contributed by atoms with E-state index < -0.39 is 22.3 Å². The Kier molecular flexibility index (Phi) is 4.18. The predicted octanol–water partition coefficient (Wildman–Crippen LogP) is 5.72. The highest BCUT2D eigenvalue weighted by Crippen LogP contribution is 2.39. The topological polar surface area (TPSA) is 0 Å². The van der Waals surface area contributed by atoms with E-state index in [1.807, 2.05) is 13.0 Å². The van der Waals surface area contributed by atoms with Crippen molar-refractivity contribution in [1.82, 2.24) is 0 Å². The Morgan fingerprint density at radius 1 is 1.11 bits per heavy atom. The summed E-state index contributed by atoms with van der Waals surface area (Å²) in [6.45, 7) is 1.89. The smallest absolute Gasteiger partial charge is 0.194 e. The summed E-state index contributed by atoms with van der Waals surface area (Å²) in [4.78, 5) is 0.475. The van der Waals surface area contributed by atoms with Crippen molar-refractivity contribution in [3.63, 3.8) is 0 Å². The van der Waals surface area contributed by atoms with Gasteiger partial charge in [-0.2, -0.15) is 0 Å². The highest BCUT2D eigenvalue weighted by Gasteiger charge is 2.22. The van der Waals surface area contributed by atoms with Gasteiger partial charge in [-0.15, -0.1) is 11.3 Å². The molecule has 0 aliphatic heterocycles. The second-order valence-corrected chi connectivity index (χ2v) is 7.24. The Labute approximate surface area is 123 Å². The molecule has 0 saturated carbocycles. The van der Waals surface area contributed by atoms with E-state index in [-0.39, 0.29) is 5.56 Å². The minimum absolute atomic E-state index is 0.0855. The summed E-state index contributed by atoms with van der Waals surface area (Å²) in [6, 6.07) is 4.01. The van der Waals surface area contributed by atoms with Crippen LogP contribution in [-0.2, 0) is 0 Å². The second kappa shape index (κ2) is 5.35. The number of rotatable bonds is 2. The summed E-state index contributed by atoms with van der Waals surface area (Å²) in [6.07, 6.45) is 0. The zero-order valence-electron chi connectivity index (χ0n) is 9.11. The number of aryl methyl sites for hydroxylation is 1. The van der Waals surface area contributed by atoms with Gasteiger partial charge in [0.15, 0.2) is 17.5 Å². The van der Waals surface area contributed by atoms with Gasteiger partial charge < -0.3 is 0 Å². The van der Waals surface area contributed by atoms with Gasteiger partial charge in [0.25, 0.3) is 0 Å². The lowest BCUT2D eigenvalue weighted by Crippen LogP contribution is -2.01. The fourth-order valence-electron chi connectivity index (χ4n) is 1.61. The van der Waals surface area contributed by atoms with Crippen molar-refractivity contribution in [2.45, 2.75) is 11.8 Å². The van der Waals surface area contributed by atoms with E-state index in [1.165, 1.54) is 17.4 Å². The van der Waals surface area contributed by atoms with Gasteiger partial charge in [-0.1, -0.05) is 22.0 Å². The van der Waals surface area contributed by atoms with Crippen LogP contribution in [0.2, 0.25) is 0 Å². The molecule has 1 aromatic carbocycles. The molecule has 1 unspecified atom stereocenters. The number of benzene rings is 1. The maximum Gasteiger partial charge on any atom is 0.194 e. The fourth-order valence-corrected chi connectivity index (χ4v) is 4.34. The van der Waals surface area contributed by atoms with Gasteiger partial charge in [-0.05, 0) is 40.5 Å². The van der Waals surface area contributed by atoms with Crippen LogP contribution in [0.15, 0.2) is 22.0 Å². The SMILES string of the molecule is Cc1sc(Br)cc1C(Br)c1ccc(F)c(F)c1F. The Morgan fingerprint density at radius 2 is 1.78 bits per heavy atom. The molecular formula is C12H7Br2F3S. The molecule has 0 saturated heterocycles. The zero-order chi connectivity index (χ0) is 13.4. The highest BCUT2D eigenvalue weighted by atomic mass is 79.9. The van der Waals surface area contributed by atoms with Gasteiger partial charge >= 0.3 is 0 Å². The van der Waals surface area contributed by atoms with E-state index in [2.05, 4.69) is 31.9 Å². The first-order chi connectivity index (χ1) is 8.41. The van der Waals surface area contributed by atoms with Crippen molar-refractivity contribution >= 4 is 43.2 Å². The van der Waals surface area contributed by atoms with Crippen molar-refractivity contribution < 1.29 is 13.2 Å². The first-order valence-electron chi connectivity index (χ1n) is 4.95. The number of hydrogen-bond acceptors (Lipinski definition) is 1. The molecule has 1 aromatic heterocycles. The van der Waals surface area contributed by atoms with Crippen LogP contribution in [-0.4, -0.2) is 0 Å². The average molecular weight is 400 g/mol. The Hall–Kier alpha value is -0.330. The van der Waals surface area contributed by atoms with E-state index in [0.717, 1.165) is 20.3 Å². The minimum Gasteiger partial charge on any atom is -0.204 e. The average Bonchev–Trinajstić information content (AvgIpc) is 2.65. The zero-order valence-corrected chi connectivity index (χ0v) is 13.1. The number of thiophene rings is 1. The second-order valence-electron chi connectivity index (χ2n) is 3.69. The number of alkyl halides is 1. The molecule has 0 spiro atoms. The summed E-state index contributed by atoms with van der Waals surface area (Å²) in [5, 5.41) is 0. The summed E-state index contributed by atoms with van der Waals surface area (Å²) < 4.78 is 40.7. The molecule has 2 aromatic rings. The van der Waals surface area contributed by atoms with Crippen molar-refractivity contribution in [2.75, 3.05) is 0 Å². The number of halogens is 5. The summed E-state index contributed by atoms with van der Waals surface area (Å²) in [7, 11) is 0. The molecule has 6 heteroatoms. The fraction of sp³-hybridized carbons (Fsp3) is 0.167. The molecule has 96 valence electrons. The summed E-state index contributed by atoms with van der Waals surface area (Å²) in [5.74, 6) is -3.78. The van der Waals surface area contributed by atoms with Gasteiger partial charge in [0, 0.05) is 10.4 Å². The van der Waals surface area contributed by atoms with Crippen LogP contribution in [0.1, 0.15) is 20.8 Å². The third kappa shape index (κ3) is 2.51. The quantitative estimate of drug-likeness (QED) is 0.447. The molecule has 2 rings (SSSR count). The molecule has 0 fully saturated rings. The van der Waals surface area contributed by atoms with Gasteiger partial charge in [-0.3, -0.25) is 0 Å². The Balaban J connectivity index is 2.49. The maximum atomic E-state index is 13.7. The van der Waals surface area contributed by atoms with Gasteiger partial charge in [-0.25, -0.2) is 13.2 Å². The van der Waals surface area contributed by atoms with Crippen LogP contribution in [0.5, 0.6) is 0 Å². The number of hydrogen-bond donors (Lipinski definition) is 0. The van der Waals surface area contributed by atoms with Gasteiger partial charge in [0.2, 0.25) is 0 Å². The molecule has 0 bridgehead atoms. The van der Waals surface area contributed by atoms with Crippen LogP contribution < -0.4 is 0 Å².